The molecular formula is C18H19NOS3. The molecule has 0 saturated heterocycles. The summed E-state index contributed by atoms with van der Waals surface area (Å²) in [4.78, 5) is 15.9. The van der Waals surface area contributed by atoms with Gasteiger partial charge in [0.15, 0.2) is 0 Å². The number of carbonyl (C=O) groups is 1. The molecule has 0 saturated carbocycles. The molecular weight excluding hydrogens is 342 g/mol. The Morgan fingerprint density at radius 3 is 2.52 bits per heavy atom. The lowest BCUT2D eigenvalue weighted by Crippen LogP contribution is -2.47. The maximum Gasteiger partial charge on any atom is 0.251 e. The van der Waals surface area contributed by atoms with Gasteiger partial charge < -0.3 is 0 Å². The molecule has 23 heavy (non-hydrogen) atoms. The zero-order chi connectivity index (χ0) is 16.9. The van der Waals surface area contributed by atoms with E-state index < -0.39 is 5.54 Å². The highest BCUT2D eigenvalue weighted by Gasteiger charge is 2.42. The quantitative estimate of drug-likeness (QED) is 0.354. The molecule has 0 atom stereocenters. The van der Waals surface area contributed by atoms with Gasteiger partial charge in [0.1, 0.15) is 3.82 Å². The number of aryl methyl sites for hydroxylation is 2. The predicted octanol–water partition coefficient (Wildman–Crippen LogP) is 5.98. The summed E-state index contributed by atoms with van der Waals surface area (Å²) in [6, 6.07) is 4.29. The van der Waals surface area contributed by atoms with Crippen LogP contribution >= 0.6 is 32.9 Å². The molecule has 1 amide bonds. The second-order valence-corrected chi connectivity index (χ2v) is 9.16. The number of hydrogen-bond donors (Lipinski definition) is 0. The minimum absolute atomic E-state index is 0.0111. The van der Waals surface area contributed by atoms with Gasteiger partial charge in [0.2, 0.25) is 0 Å². The van der Waals surface area contributed by atoms with Crippen molar-refractivity contribution in [3.63, 3.8) is 0 Å². The third kappa shape index (κ3) is 2.42. The molecule has 3 rings (SSSR count). The van der Waals surface area contributed by atoms with Gasteiger partial charge in [-0.2, -0.15) is 0 Å². The Hall–Kier alpha value is -1.30. The van der Waals surface area contributed by atoms with Crippen molar-refractivity contribution in [3.8, 4) is 11.1 Å². The van der Waals surface area contributed by atoms with E-state index in [2.05, 4.69) is 39.8 Å². The number of fused-ring (bicyclic) bond motifs is 3. The third-order valence-electron chi connectivity index (χ3n) is 4.40. The van der Waals surface area contributed by atoms with Crippen LogP contribution in [0.15, 0.2) is 24.3 Å². The molecule has 1 aliphatic heterocycles. The van der Waals surface area contributed by atoms with Crippen LogP contribution in [-0.2, 0) is 10.3 Å². The first-order chi connectivity index (χ1) is 10.8. The van der Waals surface area contributed by atoms with E-state index in [4.69, 9.17) is 12.2 Å². The van der Waals surface area contributed by atoms with Crippen LogP contribution < -0.4 is 4.90 Å². The summed E-state index contributed by atoms with van der Waals surface area (Å²) in [5, 5.41) is 0. The molecule has 1 aromatic heterocycles. The minimum Gasteiger partial charge on any atom is -0.298 e. The fraction of sp³-hybridized carbons (Fsp3) is 0.333. The average molecular weight is 362 g/mol. The minimum atomic E-state index is -0.404. The molecule has 0 fully saturated rings. The number of rotatable bonds is 1. The van der Waals surface area contributed by atoms with Gasteiger partial charge >= 0.3 is 0 Å². The summed E-state index contributed by atoms with van der Waals surface area (Å²) in [5.74, 6) is 0.0111. The fourth-order valence-corrected chi connectivity index (χ4v) is 6.38. The standard InChI is InChI=1S/C18H19NOS3/c1-6-7-14(20)19-13-9-11(3)10(2)8-12(13)15-16(18(19,4)5)22-23-17(15)21/h6-9H,1-5H3/b7-6+. The van der Waals surface area contributed by atoms with E-state index in [0.717, 1.165) is 20.6 Å². The van der Waals surface area contributed by atoms with Gasteiger partial charge in [0, 0.05) is 11.1 Å². The smallest absolute Gasteiger partial charge is 0.251 e. The number of allylic oxidation sites excluding steroid dienone is 1. The number of amides is 1. The van der Waals surface area contributed by atoms with E-state index >= 15 is 0 Å². The lowest BCUT2D eigenvalue weighted by molar-refractivity contribution is -0.115. The van der Waals surface area contributed by atoms with Crippen LogP contribution in [0.3, 0.4) is 0 Å². The van der Waals surface area contributed by atoms with Crippen LogP contribution in [-0.4, -0.2) is 5.91 Å². The number of anilines is 1. The van der Waals surface area contributed by atoms with Crippen LogP contribution in [0.4, 0.5) is 5.69 Å². The number of carbonyl (C=O) groups excluding carboxylic acids is 1. The van der Waals surface area contributed by atoms with Crippen LogP contribution in [0.2, 0.25) is 0 Å². The zero-order valence-corrected chi connectivity index (χ0v) is 16.3. The molecule has 0 unspecified atom stereocenters. The van der Waals surface area contributed by atoms with Crippen molar-refractivity contribution in [1.29, 1.82) is 0 Å². The lowest BCUT2D eigenvalue weighted by atomic mass is 9.86. The highest BCUT2D eigenvalue weighted by Crippen LogP contribution is 2.52. The molecule has 0 spiro atoms. The largest absolute Gasteiger partial charge is 0.298 e. The summed E-state index contributed by atoms with van der Waals surface area (Å²) in [6.07, 6.45) is 3.43. The Bertz CT molecular complexity index is 886. The van der Waals surface area contributed by atoms with Crippen molar-refractivity contribution < 1.29 is 4.79 Å². The van der Waals surface area contributed by atoms with Gasteiger partial charge in [0.05, 0.1) is 16.1 Å². The average Bonchev–Trinajstić information content (AvgIpc) is 2.85. The van der Waals surface area contributed by atoms with E-state index in [1.807, 2.05) is 11.8 Å². The molecule has 120 valence electrons. The number of hydrogen-bond acceptors (Lipinski definition) is 4. The zero-order valence-electron chi connectivity index (χ0n) is 13.9. The van der Waals surface area contributed by atoms with Gasteiger partial charge in [-0.15, -0.1) is 0 Å². The van der Waals surface area contributed by atoms with Crippen molar-refractivity contribution in [2.45, 2.75) is 40.2 Å². The van der Waals surface area contributed by atoms with E-state index in [9.17, 15) is 4.79 Å². The van der Waals surface area contributed by atoms with E-state index in [-0.39, 0.29) is 5.91 Å². The van der Waals surface area contributed by atoms with Crippen LogP contribution in [0.5, 0.6) is 0 Å². The normalized spacial score (nSPS) is 15.6. The fourth-order valence-electron chi connectivity index (χ4n) is 3.10. The second kappa shape index (κ2) is 5.65. The molecule has 2 nitrogen and oxygen atoms in total. The number of nitrogens with zero attached hydrogens (tertiary/aromatic N) is 1. The summed E-state index contributed by atoms with van der Waals surface area (Å²) in [5.41, 5.74) is 5.19. The molecule has 0 bridgehead atoms. The number of benzene rings is 1. The van der Waals surface area contributed by atoms with Crippen molar-refractivity contribution in [2.24, 2.45) is 0 Å². The molecule has 2 aromatic rings. The maximum absolute atomic E-state index is 12.8. The summed E-state index contributed by atoms with van der Waals surface area (Å²) in [6.45, 7) is 10.3. The third-order valence-corrected chi connectivity index (χ3v) is 7.73. The Kier molecular flexibility index (Phi) is 4.07. The summed E-state index contributed by atoms with van der Waals surface area (Å²) >= 11 is 5.59. The molecule has 5 heteroatoms. The Balaban J connectivity index is 2.40. The highest BCUT2D eigenvalue weighted by molar-refractivity contribution is 7.80. The first-order valence-electron chi connectivity index (χ1n) is 7.51. The predicted molar refractivity (Wildman–Crippen MR) is 103 cm³/mol. The van der Waals surface area contributed by atoms with Gasteiger partial charge in [-0.3, -0.25) is 9.69 Å². The van der Waals surface area contributed by atoms with Crippen LogP contribution in [0.1, 0.15) is 36.8 Å². The first kappa shape index (κ1) is 16.6. The molecule has 0 aliphatic carbocycles. The van der Waals surface area contributed by atoms with Crippen LogP contribution in [0.25, 0.3) is 11.1 Å². The topological polar surface area (TPSA) is 20.3 Å². The molecule has 0 N–H and O–H groups in total. The SMILES string of the molecule is C/C=C/C(=O)N1c2cc(C)c(C)cc2-c2c(ssc2=S)C1(C)C. The van der Waals surface area contributed by atoms with Crippen molar-refractivity contribution in [3.05, 3.63) is 44.1 Å². The van der Waals surface area contributed by atoms with E-state index in [1.54, 1.807) is 32.8 Å². The van der Waals surface area contributed by atoms with E-state index in [1.165, 1.54) is 16.0 Å². The lowest BCUT2D eigenvalue weighted by Gasteiger charge is -2.42. The highest BCUT2D eigenvalue weighted by atomic mass is 32.9. The van der Waals surface area contributed by atoms with Crippen LogP contribution in [0, 0.1) is 17.7 Å². The molecule has 1 aliphatic rings. The van der Waals surface area contributed by atoms with Gasteiger partial charge in [-0.1, -0.05) is 39.0 Å². The van der Waals surface area contributed by atoms with Gasteiger partial charge in [-0.25, -0.2) is 0 Å². The van der Waals surface area contributed by atoms with Gasteiger partial charge in [-0.05, 0) is 64.0 Å². The Labute approximate surface area is 149 Å². The van der Waals surface area contributed by atoms with Crippen molar-refractivity contribution in [1.82, 2.24) is 0 Å². The molecule has 1 aromatic carbocycles. The summed E-state index contributed by atoms with van der Waals surface area (Å²) in [7, 11) is 3.32. The van der Waals surface area contributed by atoms with Gasteiger partial charge in [0.25, 0.3) is 5.91 Å². The van der Waals surface area contributed by atoms with Crippen molar-refractivity contribution >= 4 is 44.5 Å². The maximum atomic E-state index is 12.8. The summed E-state index contributed by atoms with van der Waals surface area (Å²) < 4.78 is 0.917. The molecule has 0 radical (unpaired) electrons. The van der Waals surface area contributed by atoms with Crippen molar-refractivity contribution in [2.75, 3.05) is 4.90 Å². The Morgan fingerprint density at radius 2 is 1.87 bits per heavy atom. The monoisotopic (exact) mass is 361 g/mol. The van der Waals surface area contributed by atoms with E-state index in [0.29, 0.717) is 0 Å². The first-order valence-corrected chi connectivity index (χ1v) is 10.1. The Morgan fingerprint density at radius 1 is 1.22 bits per heavy atom. The second-order valence-electron chi connectivity index (χ2n) is 6.34. The molecule has 2 heterocycles.